The van der Waals surface area contributed by atoms with Crippen LogP contribution in [0.25, 0.3) is 0 Å². The first kappa shape index (κ1) is 15.6. The molecule has 0 aliphatic rings. The van der Waals surface area contributed by atoms with Crippen molar-refractivity contribution in [2.45, 2.75) is 4.90 Å². The van der Waals surface area contributed by atoms with Gasteiger partial charge in [0.05, 0.1) is 9.82 Å². The maximum absolute atomic E-state index is 10.5. The van der Waals surface area contributed by atoms with Crippen molar-refractivity contribution in [3.63, 3.8) is 0 Å². The van der Waals surface area contributed by atoms with Crippen LogP contribution in [0.4, 0.5) is 5.69 Å². The van der Waals surface area contributed by atoms with E-state index in [0.29, 0.717) is 5.75 Å². The number of nitro benzene ring substituents is 1. The molecule has 0 spiro atoms. The summed E-state index contributed by atoms with van der Waals surface area (Å²) in [6.07, 6.45) is 0. The minimum atomic E-state index is -4.27. The molecule has 0 bridgehead atoms. The van der Waals surface area contributed by atoms with Gasteiger partial charge in [0, 0.05) is 12.1 Å². The standard InChI is InChI=1S/C6H5NO5S.C6H6O/c8-7(9)5-1-3-6(4-2-5)13(10,11)12;7-6-4-2-1-3-5-6/h1-4H,(H,10,11,12);1-5,7H. The van der Waals surface area contributed by atoms with E-state index in [2.05, 4.69) is 0 Å². The first-order valence-electron chi connectivity index (χ1n) is 5.26. The van der Waals surface area contributed by atoms with Crippen molar-refractivity contribution < 1.29 is 23.0 Å². The molecule has 0 saturated carbocycles. The zero-order chi connectivity index (χ0) is 15.2. The van der Waals surface area contributed by atoms with Crippen LogP contribution < -0.4 is 0 Å². The molecule has 0 aliphatic carbocycles. The number of para-hydroxylation sites is 1. The van der Waals surface area contributed by atoms with Gasteiger partial charge in [0.1, 0.15) is 5.75 Å². The van der Waals surface area contributed by atoms with E-state index < -0.39 is 15.0 Å². The topological polar surface area (TPSA) is 118 Å². The lowest BCUT2D eigenvalue weighted by Gasteiger charge is -1.94. The minimum Gasteiger partial charge on any atom is -0.508 e. The Morgan fingerprint density at radius 1 is 0.950 bits per heavy atom. The molecule has 0 amide bonds. The summed E-state index contributed by atoms with van der Waals surface area (Å²) in [6.45, 7) is 0. The van der Waals surface area contributed by atoms with Crippen molar-refractivity contribution in [1.82, 2.24) is 0 Å². The lowest BCUT2D eigenvalue weighted by atomic mass is 10.3. The molecule has 8 heteroatoms. The molecule has 0 heterocycles. The van der Waals surface area contributed by atoms with Gasteiger partial charge in [0.25, 0.3) is 15.8 Å². The van der Waals surface area contributed by atoms with Crippen LogP contribution in [0, 0.1) is 10.1 Å². The summed E-state index contributed by atoms with van der Waals surface area (Å²) in [4.78, 5) is 9.13. The molecule has 2 N–H and O–H groups in total. The smallest absolute Gasteiger partial charge is 0.294 e. The maximum Gasteiger partial charge on any atom is 0.294 e. The van der Waals surface area contributed by atoms with E-state index in [1.54, 1.807) is 24.3 Å². The van der Waals surface area contributed by atoms with Crippen LogP contribution >= 0.6 is 0 Å². The number of non-ortho nitro benzene ring substituents is 1. The van der Waals surface area contributed by atoms with Crippen LogP contribution in [0.15, 0.2) is 59.5 Å². The highest BCUT2D eigenvalue weighted by Crippen LogP contribution is 2.14. The van der Waals surface area contributed by atoms with Crippen molar-refractivity contribution >= 4 is 15.8 Å². The van der Waals surface area contributed by atoms with E-state index in [-0.39, 0.29) is 10.6 Å². The van der Waals surface area contributed by atoms with Crippen molar-refractivity contribution in [3.05, 3.63) is 64.7 Å². The van der Waals surface area contributed by atoms with Crippen molar-refractivity contribution in [2.75, 3.05) is 0 Å². The number of hydrogen-bond donors (Lipinski definition) is 2. The Morgan fingerprint density at radius 3 is 1.75 bits per heavy atom. The third-order valence-corrected chi connectivity index (χ3v) is 2.97. The fourth-order valence-electron chi connectivity index (χ4n) is 1.17. The van der Waals surface area contributed by atoms with Crippen LogP contribution in [0.1, 0.15) is 0 Å². The fraction of sp³-hybridized carbons (Fsp3) is 0. The second-order valence-corrected chi connectivity index (χ2v) is 4.98. The Bertz CT molecular complexity index is 667. The highest BCUT2D eigenvalue weighted by atomic mass is 32.2. The summed E-state index contributed by atoms with van der Waals surface area (Å²) in [5, 5.41) is 18.8. The highest BCUT2D eigenvalue weighted by molar-refractivity contribution is 7.85. The summed E-state index contributed by atoms with van der Waals surface area (Å²) >= 11 is 0. The predicted molar refractivity (Wildman–Crippen MR) is 71.0 cm³/mol. The molecular weight excluding hydrogens is 286 g/mol. The van der Waals surface area contributed by atoms with Gasteiger partial charge >= 0.3 is 0 Å². The zero-order valence-electron chi connectivity index (χ0n) is 10.1. The number of benzene rings is 2. The molecule has 7 nitrogen and oxygen atoms in total. The number of phenolic OH excluding ortho intramolecular Hbond substituents is 1. The molecule has 0 aromatic heterocycles. The van der Waals surface area contributed by atoms with Gasteiger partial charge in [0.15, 0.2) is 0 Å². The molecule has 0 unspecified atom stereocenters. The molecule has 0 fully saturated rings. The minimum absolute atomic E-state index is 0.229. The summed E-state index contributed by atoms with van der Waals surface area (Å²) in [6, 6.07) is 12.7. The van der Waals surface area contributed by atoms with Crippen LogP contribution in [-0.4, -0.2) is 23.0 Å². The summed E-state index contributed by atoms with van der Waals surface area (Å²) in [5.74, 6) is 0.322. The van der Waals surface area contributed by atoms with E-state index in [9.17, 15) is 18.5 Å². The lowest BCUT2D eigenvalue weighted by Crippen LogP contribution is -1.97. The van der Waals surface area contributed by atoms with Gasteiger partial charge in [-0.3, -0.25) is 14.7 Å². The van der Waals surface area contributed by atoms with E-state index >= 15 is 0 Å². The second kappa shape index (κ2) is 6.64. The normalized spacial score (nSPS) is 10.2. The Balaban J connectivity index is 0.000000240. The summed E-state index contributed by atoms with van der Waals surface area (Å²) < 4.78 is 29.5. The first-order chi connectivity index (χ1) is 9.30. The van der Waals surface area contributed by atoms with Crippen LogP contribution in [-0.2, 0) is 10.1 Å². The number of phenols is 1. The number of nitro groups is 1. The largest absolute Gasteiger partial charge is 0.508 e. The van der Waals surface area contributed by atoms with E-state index in [4.69, 9.17) is 9.66 Å². The average Bonchev–Trinajstić information content (AvgIpc) is 2.39. The van der Waals surface area contributed by atoms with Crippen LogP contribution in [0.5, 0.6) is 5.75 Å². The van der Waals surface area contributed by atoms with Gasteiger partial charge in [-0.25, -0.2) is 0 Å². The molecule has 20 heavy (non-hydrogen) atoms. The average molecular weight is 297 g/mol. The second-order valence-electron chi connectivity index (χ2n) is 3.56. The summed E-state index contributed by atoms with van der Waals surface area (Å²) in [5.41, 5.74) is -0.229. The molecular formula is C12H11NO6S. The van der Waals surface area contributed by atoms with E-state index in [1.165, 1.54) is 0 Å². The van der Waals surface area contributed by atoms with Gasteiger partial charge in [0.2, 0.25) is 0 Å². The first-order valence-corrected chi connectivity index (χ1v) is 6.70. The van der Waals surface area contributed by atoms with Gasteiger partial charge < -0.3 is 5.11 Å². The fourth-order valence-corrected chi connectivity index (χ4v) is 1.65. The van der Waals surface area contributed by atoms with E-state index in [1.807, 2.05) is 6.07 Å². The molecule has 0 saturated heterocycles. The molecule has 2 aromatic rings. The molecule has 0 atom stereocenters. The van der Waals surface area contributed by atoms with Crippen molar-refractivity contribution in [2.24, 2.45) is 0 Å². The van der Waals surface area contributed by atoms with Crippen molar-refractivity contribution in [1.29, 1.82) is 0 Å². The number of nitrogens with zero attached hydrogens (tertiary/aromatic N) is 1. The quantitative estimate of drug-likeness (QED) is 0.498. The number of rotatable bonds is 2. The number of aromatic hydroxyl groups is 1. The van der Waals surface area contributed by atoms with Gasteiger partial charge in [-0.15, -0.1) is 0 Å². The van der Waals surface area contributed by atoms with Crippen molar-refractivity contribution in [3.8, 4) is 5.75 Å². The molecule has 0 aliphatic heterocycles. The Hall–Kier alpha value is -2.45. The summed E-state index contributed by atoms with van der Waals surface area (Å²) in [7, 11) is -4.27. The van der Waals surface area contributed by atoms with Crippen LogP contribution in [0.3, 0.4) is 0 Å². The Kier molecular flexibility index (Phi) is 5.18. The van der Waals surface area contributed by atoms with Gasteiger partial charge in [-0.05, 0) is 24.3 Å². The SMILES string of the molecule is O=[N+]([O-])c1ccc(S(=O)(=O)O)cc1.Oc1ccccc1. The van der Waals surface area contributed by atoms with Gasteiger partial charge in [-0.2, -0.15) is 8.42 Å². The number of hydrogen-bond acceptors (Lipinski definition) is 5. The monoisotopic (exact) mass is 297 g/mol. The predicted octanol–water partition coefficient (Wildman–Crippen LogP) is 2.23. The third-order valence-electron chi connectivity index (χ3n) is 2.10. The molecule has 2 aromatic carbocycles. The zero-order valence-corrected chi connectivity index (χ0v) is 10.9. The lowest BCUT2D eigenvalue weighted by molar-refractivity contribution is -0.384. The van der Waals surface area contributed by atoms with Gasteiger partial charge in [-0.1, -0.05) is 18.2 Å². The third kappa shape index (κ3) is 5.04. The Labute approximate surface area is 115 Å². The highest BCUT2D eigenvalue weighted by Gasteiger charge is 2.11. The maximum atomic E-state index is 10.5. The van der Waals surface area contributed by atoms with Crippen LogP contribution in [0.2, 0.25) is 0 Å². The molecule has 0 radical (unpaired) electrons. The Morgan fingerprint density at radius 2 is 1.45 bits per heavy atom. The van der Waals surface area contributed by atoms with E-state index in [0.717, 1.165) is 24.3 Å². The molecule has 106 valence electrons. The molecule has 2 rings (SSSR count).